The molecule has 1 atom stereocenters. The van der Waals surface area contributed by atoms with Crippen molar-refractivity contribution in [1.29, 1.82) is 0 Å². The van der Waals surface area contributed by atoms with Crippen LogP contribution in [-0.4, -0.2) is 24.2 Å². The number of thiophene rings is 1. The molecule has 0 aliphatic rings. The molecule has 17 heavy (non-hydrogen) atoms. The van der Waals surface area contributed by atoms with Crippen molar-refractivity contribution in [2.75, 3.05) is 13.2 Å². The van der Waals surface area contributed by atoms with Crippen molar-refractivity contribution in [2.45, 2.75) is 13.3 Å². The first kappa shape index (κ1) is 14.4. The van der Waals surface area contributed by atoms with Crippen LogP contribution in [0.25, 0.3) is 6.08 Å². The zero-order chi connectivity index (χ0) is 12.7. The Morgan fingerprint density at radius 3 is 3.00 bits per heavy atom. The first-order valence-electron chi connectivity index (χ1n) is 5.44. The minimum atomic E-state index is -0.0979. The van der Waals surface area contributed by atoms with E-state index in [1.54, 1.807) is 17.4 Å². The molecular weight excluding hydrogens is 302 g/mol. The SMILES string of the molecule is CC(CCO)CNC(=O)C=Cc1ccc(Br)s1. The fourth-order valence-electron chi connectivity index (χ4n) is 1.23. The molecule has 0 saturated carbocycles. The molecule has 0 radical (unpaired) electrons. The van der Waals surface area contributed by atoms with Crippen LogP contribution in [0.4, 0.5) is 0 Å². The van der Waals surface area contributed by atoms with E-state index in [9.17, 15) is 4.79 Å². The predicted molar refractivity (Wildman–Crippen MR) is 74.9 cm³/mol. The third kappa shape index (κ3) is 6.00. The Kier molecular flexibility index (Phi) is 6.47. The summed E-state index contributed by atoms with van der Waals surface area (Å²) in [5.41, 5.74) is 0. The van der Waals surface area contributed by atoms with Gasteiger partial charge < -0.3 is 10.4 Å². The Balaban J connectivity index is 2.32. The molecule has 0 aliphatic heterocycles. The molecule has 1 rings (SSSR count). The van der Waals surface area contributed by atoms with Crippen molar-refractivity contribution < 1.29 is 9.90 Å². The number of aliphatic hydroxyl groups is 1. The first-order chi connectivity index (χ1) is 8.11. The lowest BCUT2D eigenvalue weighted by Crippen LogP contribution is -2.26. The fraction of sp³-hybridized carbons (Fsp3) is 0.417. The van der Waals surface area contributed by atoms with Gasteiger partial charge in [0, 0.05) is 24.1 Å². The molecule has 0 spiro atoms. The molecule has 1 aromatic rings. The molecule has 0 bridgehead atoms. The van der Waals surface area contributed by atoms with E-state index in [2.05, 4.69) is 21.2 Å². The van der Waals surface area contributed by atoms with Crippen LogP contribution in [0.15, 0.2) is 22.0 Å². The van der Waals surface area contributed by atoms with Gasteiger partial charge in [-0.3, -0.25) is 4.79 Å². The molecule has 94 valence electrons. The van der Waals surface area contributed by atoms with Gasteiger partial charge in [-0.05, 0) is 46.5 Å². The van der Waals surface area contributed by atoms with Crippen LogP contribution in [0.5, 0.6) is 0 Å². The molecule has 0 fully saturated rings. The van der Waals surface area contributed by atoms with Crippen LogP contribution in [0.1, 0.15) is 18.2 Å². The van der Waals surface area contributed by atoms with E-state index in [-0.39, 0.29) is 12.5 Å². The molecule has 0 aromatic carbocycles. The molecule has 2 N–H and O–H groups in total. The number of hydrogen-bond acceptors (Lipinski definition) is 3. The second-order valence-electron chi connectivity index (χ2n) is 3.84. The zero-order valence-electron chi connectivity index (χ0n) is 9.65. The Labute approximate surface area is 114 Å². The molecule has 1 heterocycles. The number of carbonyl (C=O) groups is 1. The van der Waals surface area contributed by atoms with Gasteiger partial charge >= 0.3 is 0 Å². The number of aliphatic hydroxyl groups excluding tert-OH is 1. The van der Waals surface area contributed by atoms with Crippen LogP contribution >= 0.6 is 27.3 Å². The number of carbonyl (C=O) groups excluding carboxylic acids is 1. The molecule has 1 aromatic heterocycles. The summed E-state index contributed by atoms with van der Waals surface area (Å²) in [4.78, 5) is 12.5. The van der Waals surface area contributed by atoms with Gasteiger partial charge in [-0.15, -0.1) is 11.3 Å². The third-order valence-corrected chi connectivity index (χ3v) is 3.83. The van der Waals surface area contributed by atoms with Gasteiger partial charge in [-0.1, -0.05) is 6.92 Å². The van der Waals surface area contributed by atoms with Gasteiger partial charge in [0.1, 0.15) is 0 Å². The molecule has 0 saturated heterocycles. The summed E-state index contributed by atoms with van der Waals surface area (Å²) in [5, 5.41) is 11.5. The fourth-order valence-corrected chi connectivity index (χ4v) is 2.56. The average molecular weight is 318 g/mol. The third-order valence-electron chi connectivity index (χ3n) is 2.24. The summed E-state index contributed by atoms with van der Waals surface area (Å²) in [5.74, 6) is 0.201. The maximum atomic E-state index is 11.5. The lowest BCUT2D eigenvalue weighted by atomic mass is 10.1. The van der Waals surface area contributed by atoms with Crippen molar-refractivity contribution in [3.05, 3.63) is 26.9 Å². The average Bonchev–Trinajstić information content (AvgIpc) is 2.70. The number of hydrogen-bond donors (Lipinski definition) is 2. The zero-order valence-corrected chi connectivity index (χ0v) is 12.1. The first-order valence-corrected chi connectivity index (χ1v) is 7.05. The molecule has 3 nitrogen and oxygen atoms in total. The van der Waals surface area contributed by atoms with E-state index in [0.29, 0.717) is 18.9 Å². The van der Waals surface area contributed by atoms with Crippen LogP contribution in [0.2, 0.25) is 0 Å². The Bertz CT molecular complexity index is 390. The van der Waals surface area contributed by atoms with Crippen LogP contribution < -0.4 is 5.32 Å². The molecule has 1 amide bonds. The molecule has 1 unspecified atom stereocenters. The topological polar surface area (TPSA) is 49.3 Å². The van der Waals surface area contributed by atoms with E-state index in [4.69, 9.17) is 5.11 Å². The summed E-state index contributed by atoms with van der Waals surface area (Å²) in [7, 11) is 0. The van der Waals surface area contributed by atoms with Gasteiger partial charge in [0.05, 0.1) is 3.79 Å². The maximum absolute atomic E-state index is 11.5. The molecular formula is C12H16BrNO2S. The van der Waals surface area contributed by atoms with Crippen molar-refractivity contribution in [3.8, 4) is 0 Å². The summed E-state index contributed by atoms with van der Waals surface area (Å²) in [6.07, 6.45) is 4.03. The number of nitrogens with one attached hydrogen (secondary N) is 1. The maximum Gasteiger partial charge on any atom is 0.244 e. The highest BCUT2D eigenvalue weighted by molar-refractivity contribution is 9.11. The van der Waals surface area contributed by atoms with Gasteiger partial charge in [0.25, 0.3) is 0 Å². The van der Waals surface area contributed by atoms with Gasteiger partial charge in [-0.25, -0.2) is 0 Å². The monoisotopic (exact) mass is 317 g/mol. The second-order valence-corrected chi connectivity index (χ2v) is 6.33. The number of amides is 1. The van der Waals surface area contributed by atoms with Gasteiger partial charge in [-0.2, -0.15) is 0 Å². The molecule has 5 heteroatoms. The highest BCUT2D eigenvalue weighted by Crippen LogP contribution is 2.22. The minimum absolute atomic E-state index is 0.0979. The van der Waals surface area contributed by atoms with Crippen LogP contribution in [-0.2, 0) is 4.79 Å². The summed E-state index contributed by atoms with van der Waals surface area (Å²) in [6.45, 7) is 2.75. The lowest BCUT2D eigenvalue weighted by Gasteiger charge is -2.09. The molecule has 0 aliphatic carbocycles. The largest absolute Gasteiger partial charge is 0.396 e. The van der Waals surface area contributed by atoms with Crippen LogP contribution in [0.3, 0.4) is 0 Å². The van der Waals surface area contributed by atoms with E-state index in [1.807, 2.05) is 19.1 Å². The van der Waals surface area contributed by atoms with E-state index < -0.39 is 0 Å². The summed E-state index contributed by atoms with van der Waals surface area (Å²) >= 11 is 4.95. The van der Waals surface area contributed by atoms with Crippen LogP contribution in [0, 0.1) is 5.92 Å². The lowest BCUT2D eigenvalue weighted by molar-refractivity contribution is -0.116. The van der Waals surface area contributed by atoms with Gasteiger partial charge in [0.15, 0.2) is 0 Å². The van der Waals surface area contributed by atoms with Crippen molar-refractivity contribution >= 4 is 39.2 Å². The smallest absolute Gasteiger partial charge is 0.244 e. The summed E-state index contributed by atoms with van der Waals surface area (Å²) < 4.78 is 1.05. The van der Waals surface area contributed by atoms with Gasteiger partial charge in [0.2, 0.25) is 5.91 Å². The predicted octanol–water partition coefficient (Wildman–Crippen LogP) is 2.66. The Hall–Kier alpha value is -0.650. The van der Waals surface area contributed by atoms with E-state index in [1.165, 1.54) is 6.08 Å². The Morgan fingerprint density at radius 1 is 1.65 bits per heavy atom. The summed E-state index contributed by atoms with van der Waals surface area (Å²) in [6, 6.07) is 3.90. The Morgan fingerprint density at radius 2 is 2.41 bits per heavy atom. The standard InChI is InChI=1S/C12H16BrNO2S/c1-9(6-7-15)8-14-12(16)5-3-10-2-4-11(13)17-10/h2-5,9,15H,6-8H2,1H3,(H,14,16). The highest BCUT2D eigenvalue weighted by Gasteiger charge is 2.02. The van der Waals surface area contributed by atoms with Crippen molar-refractivity contribution in [2.24, 2.45) is 5.92 Å². The second kappa shape index (κ2) is 7.63. The van der Waals surface area contributed by atoms with E-state index >= 15 is 0 Å². The van der Waals surface area contributed by atoms with Crippen molar-refractivity contribution in [3.63, 3.8) is 0 Å². The quantitative estimate of drug-likeness (QED) is 0.792. The minimum Gasteiger partial charge on any atom is -0.396 e. The normalized spacial score (nSPS) is 12.9. The van der Waals surface area contributed by atoms with Crippen molar-refractivity contribution in [1.82, 2.24) is 5.32 Å². The number of rotatable bonds is 6. The number of halogens is 1. The highest BCUT2D eigenvalue weighted by atomic mass is 79.9. The van der Waals surface area contributed by atoms with E-state index in [0.717, 1.165) is 8.66 Å².